The Hall–Kier alpha value is -1.32. The van der Waals surface area contributed by atoms with Gasteiger partial charge in [0.15, 0.2) is 0 Å². The normalized spacial score (nSPS) is 16.5. The van der Waals surface area contributed by atoms with Gasteiger partial charge in [-0.05, 0) is 39.0 Å². The zero-order valence-electron chi connectivity index (χ0n) is 13.4. The molecule has 0 bridgehead atoms. The number of nitrogens with one attached hydrogen (secondary N) is 1. The van der Waals surface area contributed by atoms with Crippen molar-refractivity contribution in [2.45, 2.75) is 53.4 Å². The first kappa shape index (κ1) is 15.1. The summed E-state index contributed by atoms with van der Waals surface area (Å²) in [5.41, 5.74) is 1.19. The van der Waals surface area contributed by atoms with Crippen LogP contribution >= 0.6 is 0 Å². The molecule has 0 aliphatic carbocycles. The lowest BCUT2D eigenvalue weighted by atomic mass is 9.94. The molecule has 1 N–H and O–H groups in total. The summed E-state index contributed by atoms with van der Waals surface area (Å²) >= 11 is 0. The Morgan fingerprint density at radius 2 is 1.85 bits per heavy atom. The predicted octanol–water partition coefficient (Wildman–Crippen LogP) is 3.54. The van der Waals surface area contributed by atoms with Gasteiger partial charge in [0.25, 0.3) is 0 Å². The van der Waals surface area contributed by atoms with E-state index < -0.39 is 0 Å². The minimum absolute atomic E-state index is 0.863. The molecule has 1 aromatic heterocycles. The number of hydrogen-bond acceptors (Lipinski definition) is 4. The average Bonchev–Trinajstić information content (AvgIpc) is 2.48. The van der Waals surface area contributed by atoms with Crippen LogP contribution in [0.3, 0.4) is 0 Å². The van der Waals surface area contributed by atoms with Crippen molar-refractivity contribution in [1.82, 2.24) is 9.97 Å². The van der Waals surface area contributed by atoms with Gasteiger partial charge in [-0.3, -0.25) is 0 Å². The van der Waals surface area contributed by atoms with Crippen LogP contribution in [0.25, 0.3) is 0 Å². The monoisotopic (exact) mass is 276 g/mol. The third kappa shape index (κ3) is 3.41. The van der Waals surface area contributed by atoms with E-state index >= 15 is 0 Å². The van der Waals surface area contributed by atoms with Crippen molar-refractivity contribution in [3.63, 3.8) is 0 Å². The van der Waals surface area contributed by atoms with E-state index in [1.165, 1.54) is 24.8 Å². The molecule has 0 spiro atoms. The highest BCUT2D eigenvalue weighted by atomic mass is 15.2. The van der Waals surface area contributed by atoms with Gasteiger partial charge in [-0.2, -0.15) is 0 Å². The largest absolute Gasteiger partial charge is 0.370 e. The first-order chi connectivity index (χ1) is 9.65. The Labute approximate surface area is 123 Å². The van der Waals surface area contributed by atoms with Crippen molar-refractivity contribution in [1.29, 1.82) is 0 Å². The molecule has 2 heterocycles. The molecular weight excluding hydrogens is 248 g/mol. The Morgan fingerprint density at radius 3 is 2.45 bits per heavy atom. The minimum atomic E-state index is 0.863. The van der Waals surface area contributed by atoms with Crippen LogP contribution < -0.4 is 10.2 Å². The van der Waals surface area contributed by atoms with E-state index in [2.05, 4.69) is 36.0 Å². The van der Waals surface area contributed by atoms with Crippen LogP contribution in [-0.2, 0) is 0 Å². The molecule has 1 fully saturated rings. The van der Waals surface area contributed by atoms with Gasteiger partial charge in [0.05, 0.1) is 0 Å². The molecule has 1 saturated heterocycles. The lowest BCUT2D eigenvalue weighted by Crippen LogP contribution is -2.35. The molecule has 0 unspecified atom stereocenters. The van der Waals surface area contributed by atoms with E-state index in [-0.39, 0.29) is 0 Å². The second-order valence-corrected chi connectivity index (χ2v) is 5.83. The predicted molar refractivity (Wildman–Crippen MR) is 85.5 cm³/mol. The first-order valence-corrected chi connectivity index (χ1v) is 7.99. The second kappa shape index (κ2) is 6.91. The zero-order valence-corrected chi connectivity index (χ0v) is 13.4. The molecular formula is C16H28N4. The summed E-state index contributed by atoms with van der Waals surface area (Å²) in [6.07, 6.45) is 4.99. The summed E-state index contributed by atoms with van der Waals surface area (Å²) in [5.74, 6) is 3.90. The summed E-state index contributed by atoms with van der Waals surface area (Å²) in [4.78, 5) is 11.7. The molecule has 0 radical (unpaired) electrons. The second-order valence-electron chi connectivity index (χ2n) is 5.83. The fourth-order valence-corrected chi connectivity index (χ4v) is 2.89. The molecule has 112 valence electrons. The number of rotatable bonds is 5. The van der Waals surface area contributed by atoms with E-state index in [0.717, 1.165) is 49.4 Å². The number of hydrogen-bond donors (Lipinski definition) is 1. The standard InChI is InChI=1S/C16H28N4/c1-5-9-17-15-12(3)16(19-13(4)18-15)20-10-7-14(6-2)8-11-20/h14H,5-11H2,1-4H3,(H,17,18,19). The lowest BCUT2D eigenvalue weighted by Gasteiger charge is -2.33. The maximum Gasteiger partial charge on any atom is 0.137 e. The molecule has 1 aromatic rings. The highest BCUT2D eigenvalue weighted by molar-refractivity contribution is 5.58. The average molecular weight is 276 g/mol. The van der Waals surface area contributed by atoms with Crippen molar-refractivity contribution >= 4 is 11.6 Å². The van der Waals surface area contributed by atoms with Crippen molar-refractivity contribution < 1.29 is 0 Å². The van der Waals surface area contributed by atoms with Gasteiger partial charge in [-0.15, -0.1) is 0 Å². The Bertz CT molecular complexity index is 436. The molecule has 4 nitrogen and oxygen atoms in total. The van der Waals surface area contributed by atoms with Crippen molar-refractivity contribution in [3.8, 4) is 0 Å². The Balaban J connectivity index is 2.16. The molecule has 0 amide bonds. The van der Waals surface area contributed by atoms with E-state index in [9.17, 15) is 0 Å². The first-order valence-electron chi connectivity index (χ1n) is 7.99. The van der Waals surface area contributed by atoms with Crippen LogP contribution in [0.4, 0.5) is 11.6 Å². The van der Waals surface area contributed by atoms with E-state index in [4.69, 9.17) is 4.98 Å². The molecule has 4 heteroatoms. The molecule has 0 saturated carbocycles. The smallest absolute Gasteiger partial charge is 0.137 e. The summed E-state index contributed by atoms with van der Waals surface area (Å²) in [6.45, 7) is 11.8. The van der Waals surface area contributed by atoms with Gasteiger partial charge in [0, 0.05) is 25.2 Å². The third-order valence-corrected chi connectivity index (χ3v) is 4.27. The number of aryl methyl sites for hydroxylation is 1. The molecule has 1 aliphatic rings. The maximum absolute atomic E-state index is 4.69. The van der Waals surface area contributed by atoms with Crippen molar-refractivity contribution in [2.75, 3.05) is 29.9 Å². The summed E-state index contributed by atoms with van der Waals surface area (Å²) < 4.78 is 0. The van der Waals surface area contributed by atoms with Gasteiger partial charge < -0.3 is 10.2 Å². The Morgan fingerprint density at radius 1 is 1.15 bits per heavy atom. The van der Waals surface area contributed by atoms with Crippen LogP contribution in [0.2, 0.25) is 0 Å². The quantitative estimate of drug-likeness (QED) is 0.893. The van der Waals surface area contributed by atoms with Crippen LogP contribution in [0, 0.1) is 19.8 Å². The third-order valence-electron chi connectivity index (χ3n) is 4.27. The highest BCUT2D eigenvalue weighted by Crippen LogP contribution is 2.28. The van der Waals surface area contributed by atoms with Gasteiger partial charge in [-0.1, -0.05) is 20.3 Å². The number of piperidine rings is 1. The molecule has 0 atom stereocenters. The van der Waals surface area contributed by atoms with Crippen LogP contribution in [-0.4, -0.2) is 29.6 Å². The zero-order chi connectivity index (χ0) is 14.5. The lowest BCUT2D eigenvalue weighted by molar-refractivity contribution is 0.393. The van der Waals surface area contributed by atoms with Crippen molar-refractivity contribution in [2.24, 2.45) is 5.92 Å². The highest BCUT2D eigenvalue weighted by Gasteiger charge is 2.21. The van der Waals surface area contributed by atoms with E-state index in [0.29, 0.717) is 0 Å². The van der Waals surface area contributed by atoms with E-state index in [1.54, 1.807) is 0 Å². The van der Waals surface area contributed by atoms with Gasteiger partial charge in [-0.25, -0.2) is 9.97 Å². The molecule has 2 rings (SSSR count). The summed E-state index contributed by atoms with van der Waals surface area (Å²) in [5, 5.41) is 3.43. The fraction of sp³-hybridized carbons (Fsp3) is 0.750. The fourth-order valence-electron chi connectivity index (χ4n) is 2.89. The maximum atomic E-state index is 4.69. The molecule has 0 aromatic carbocycles. The molecule has 1 aliphatic heterocycles. The SMILES string of the molecule is CCCNc1nc(C)nc(N2CCC(CC)CC2)c1C. The van der Waals surface area contributed by atoms with Crippen molar-refractivity contribution in [3.05, 3.63) is 11.4 Å². The van der Waals surface area contributed by atoms with E-state index in [1.807, 2.05) is 6.92 Å². The van der Waals surface area contributed by atoms with Gasteiger partial charge in [0.1, 0.15) is 17.5 Å². The van der Waals surface area contributed by atoms with Gasteiger partial charge >= 0.3 is 0 Å². The number of nitrogens with zero attached hydrogens (tertiary/aromatic N) is 3. The summed E-state index contributed by atoms with van der Waals surface area (Å²) in [6, 6.07) is 0. The topological polar surface area (TPSA) is 41.1 Å². The van der Waals surface area contributed by atoms with Crippen LogP contribution in [0.15, 0.2) is 0 Å². The summed E-state index contributed by atoms with van der Waals surface area (Å²) in [7, 11) is 0. The Kier molecular flexibility index (Phi) is 5.21. The van der Waals surface area contributed by atoms with Crippen LogP contribution in [0.1, 0.15) is 50.9 Å². The minimum Gasteiger partial charge on any atom is -0.370 e. The number of anilines is 2. The van der Waals surface area contributed by atoms with Crippen LogP contribution in [0.5, 0.6) is 0 Å². The number of aromatic nitrogens is 2. The van der Waals surface area contributed by atoms with Gasteiger partial charge in [0.2, 0.25) is 0 Å². The molecule has 20 heavy (non-hydrogen) atoms.